The SMILES string of the molecule is CC(=O)N[C@@H]1[C@H](O[C@H]2[C@H](O)[C@@H](NC(C)=O)C(O)O[C@@H]2CO)O[C@H](CO)[C@@H](O[C@@H]2O[C@H](CO[C@H]3O[C@H](CO)[C@@H](O)[C@H](O)[C@@H]3O[C@@H]3O[C@H](CO[C@]4(C(=O)O)C[C@H](O)[C@@H](NC(C)=O)[C@H]([C@H](O)[C@H](O)CO)O4)[C@@H](O)[C@H](O)[C@H]3NC(C)=O)[C@@H](O)[C@H](O[C@H]3O[C@H](CO)[C@@H](O)[C@H](O)[C@@H]3O[C@@H]3O[C@H](CO[C@]4(C(=O)O)C[C@H](O)[C@@H](NC(C)=O)[C@H]([C@H](O)[C@H](O)CO)O4)[C@@H](O)[C@H](O)[C@H]3NC(C)=O)[C@@H]2O)[C@@H]1O. The molecule has 9 rings (SSSR count). The van der Waals surface area contributed by atoms with Crippen LogP contribution in [0.3, 0.4) is 0 Å². The van der Waals surface area contributed by atoms with Crippen molar-refractivity contribution in [3.8, 4) is 0 Å². The Morgan fingerprint density at radius 2 is 0.615 bits per heavy atom. The van der Waals surface area contributed by atoms with Crippen LogP contribution >= 0.6 is 0 Å². The highest BCUT2D eigenvalue weighted by Gasteiger charge is 2.63. The van der Waals surface area contributed by atoms with Crippen LogP contribution in [-0.2, 0) is 119 Å². The molecule has 9 aliphatic heterocycles. The number of carboxylic acid groups (broad SMARTS) is 2. The largest absolute Gasteiger partial charge is 0.477 e. The standard InChI is InChI=1S/C72H118N6O52/c1-18(85)73-35-24(91)7-71(69(110)111,129-57(35)41(95)26(93)9-79)115-16-33-45(99)48(102)38(76-21(4)88)63(121-33)127-60-52(106)43(97)28(11-81)118-67(60)114-15-32-47(101)59(54(108)66(123-32)125-56-31(14-84)120-65(40(51(56)105)78-23(6)90)124-55-30(13-83)117-62(109)37(50(55)104)75-20(3)87)126-68-61(53(107)44(98)29(12-82)119-68)128-64-39(77-22(5)89)49(103)46(100)34(122-64)17-116-72(70(112)113)8-25(92)36(74-19(2)86)58(130-72)42(96)27(94)10-80/h24-68,79-84,91-109H,7-17H2,1-6H3,(H,73,85)(H,74,86)(H,75,87)(H,76,88)(H,77,89)(H,78,90)(H,110,111)(H,112,113)/t24-,25-,26+,27+,28+,29+,30+,31+,32+,33+,34+,35+,36+,37+,38+,39+,40-,41+,42+,43+,44+,45+,46+,47+,48+,49+,50+,51+,52-,53-,54-,55+,56+,57+,58+,59-,60-,61-,62?,63-,64-,65-,66-,67-,68+,71+,72+/m0/s1. The molecular formula is C72H118N6O52. The summed E-state index contributed by atoms with van der Waals surface area (Å²) in [4.78, 5) is 102. The fourth-order valence-corrected chi connectivity index (χ4v) is 16.4. The van der Waals surface area contributed by atoms with Gasteiger partial charge >= 0.3 is 11.9 Å². The lowest BCUT2D eigenvalue weighted by atomic mass is 9.88. The van der Waals surface area contributed by atoms with E-state index < -0.39 is 407 Å². The maximum atomic E-state index is 13.2. The third-order valence-electron chi connectivity index (χ3n) is 23.1. The van der Waals surface area contributed by atoms with Gasteiger partial charge in [0.15, 0.2) is 44.0 Å². The Balaban J connectivity index is 1.07. The van der Waals surface area contributed by atoms with E-state index in [1.807, 2.05) is 0 Å². The van der Waals surface area contributed by atoms with Crippen LogP contribution in [0.25, 0.3) is 0 Å². The second kappa shape index (κ2) is 46.3. The van der Waals surface area contributed by atoms with Crippen LogP contribution in [0.2, 0.25) is 0 Å². The molecule has 0 radical (unpaired) electrons. The fourth-order valence-electron chi connectivity index (χ4n) is 16.4. The topological polar surface area (TPSA) is 912 Å². The Morgan fingerprint density at radius 1 is 0.315 bits per heavy atom. The van der Waals surface area contributed by atoms with Crippen molar-refractivity contribution < 1.29 is 257 Å². The molecule has 47 atom stereocenters. The van der Waals surface area contributed by atoms with E-state index in [-0.39, 0.29) is 0 Å². The number of rotatable bonds is 37. The Morgan fingerprint density at radius 3 is 1.00 bits per heavy atom. The zero-order chi connectivity index (χ0) is 96.6. The first-order chi connectivity index (χ1) is 61.1. The van der Waals surface area contributed by atoms with Crippen LogP contribution in [0.4, 0.5) is 0 Å². The number of hydrogen-bond donors (Lipinski definition) is 33. The van der Waals surface area contributed by atoms with Crippen LogP contribution in [0.1, 0.15) is 54.4 Å². The molecule has 6 amide bonds. The maximum absolute atomic E-state index is 13.2. The van der Waals surface area contributed by atoms with E-state index in [9.17, 15) is 176 Å². The predicted octanol–water partition coefficient (Wildman–Crippen LogP) is -21.4. The molecule has 1 unspecified atom stereocenters. The van der Waals surface area contributed by atoms with Crippen LogP contribution in [0, 0.1) is 0 Å². The number of amides is 6. The smallest absolute Gasteiger partial charge is 0.364 e. The van der Waals surface area contributed by atoms with Gasteiger partial charge in [-0.05, 0) is 0 Å². The molecule has 9 fully saturated rings. The van der Waals surface area contributed by atoms with Crippen molar-refractivity contribution >= 4 is 47.4 Å². The van der Waals surface area contributed by atoms with E-state index in [0.29, 0.717) is 0 Å². The van der Waals surface area contributed by atoms with E-state index >= 15 is 0 Å². The normalized spacial score (nSPS) is 44.6. The molecule has 0 aromatic carbocycles. The van der Waals surface area contributed by atoms with Crippen LogP contribution in [0.5, 0.6) is 0 Å². The van der Waals surface area contributed by atoms with Crippen molar-refractivity contribution in [2.75, 3.05) is 59.5 Å². The summed E-state index contributed by atoms with van der Waals surface area (Å²) >= 11 is 0. The third kappa shape index (κ3) is 24.4. The van der Waals surface area contributed by atoms with Crippen molar-refractivity contribution in [2.24, 2.45) is 0 Å². The number of carbonyl (C=O) groups excluding carboxylic acids is 6. The summed E-state index contributed by atoms with van der Waals surface area (Å²) in [6, 6.07) is -11.3. The van der Waals surface area contributed by atoms with Gasteiger partial charge in [-0.3, -0.25) is 28.8 Å². The number of aliphatic hydroxyl groups excluding tert-OH is 25. The molecule has 9 saturated heterocycles. The highest BCUT2D eigenvalue weighted by atomic mass is 16.8. The monoisotopic (exact) mass is 1900 g/mol. The van der Waals surface area contributed by atoms with Crippen molar-refractivity contribution in [3.05, 3.63) is 0 Å². The first-order valence-corrected chi connectivity index (χ1v) is 40.9. The van der Waals surface area contributed by atoms with Gasteiger partial charge in [-0.25, -0.2) is 9.59 Å². The van der Waals surface area contributed by atoms with Gasteiger partial charge in [-0.1, -0.05) is 0 Å². The van der Waals surface area contributed by atoms with E-state index in [2.05, 4.69) is 31.9 Å². The zero-order valence-electron chi connectivity index (χ0n) is 70.0. The summed E-state index contributed by atoms with van der Waals surface area (Å²) in [6.45, 7) is -5.57. The minimum atomic E-state index is -3.18. The lowest BCUT2D eigenvalue weighted by molar-refractivity contribution is -0.397. The van der Waals surface area contributed by atoms with Gasteiger partial charge in [0.05, 0.1) is 83.8 Å². The number of carboxylic acids is 2. The first-order valence-electron chi connectivity index (χ1n) is 40.9. The van der Waals surface area contributed by atoms with E-state index in [1.54, 1.807) is 0 Å². The summed E-state index contributed by atoms with van der Waals surface area (Å²) < 4.78 is 101. The van der Waals surface area contributed by atoms with Gasteiger partial charge in [0.2, 0.25) is 35.4 Å². The van der Waals surface area contributed by atoms with Crippen LogP contribution in [-0.4, -0.2) is 532 Å². The second-order valence-corrected chi connectivity index (χ2v) is 32.6. The molecule has 0 saturated carbocycles. The van der Waals surface area contributed by atoms with Crippen LogP contribution < -0.4 is 31.9 Å². The number of carbonyl (C=O) groups is 8. The Hall–Kier alpha value is -5.92. The lowest BCUT2D eigenvalue weighted by Crippen LogP contribution is -2.71. The van der Waals surface area contributed by atoms with Gasteiger partial charge in [0.1, 0.15) is 207 Å². The molecule has 0 bridgehead atoms. The molecule has 0 aromatic heterocycles. The molecular weight excluding hydrogens is 1780 g/mol. The average Bonchev–Trinajstić information content (AvgIpc) is 0.765. The summed E-state index contributed by atoms with van der Waals surface area (Å²) in [7, 11) is 0. The van der Waals surface area contributed by atoms with Crippen molar-refractivity contribution in [2.45, 2.75) is 342 Å². The molecule has 58 heteroatoms. The second-order valence-electron chi connectivity index (χ2n) is 32.6. The van der Waals surface area contributed by atoms with Gasteiger partial charge < -0.3 is 250 Å². The quantitative estimate of drug-likeness (QED) is 0.0275. The third-order valence-corrected chi connectivity index (χ3v) is 23.1. The number of hydrogen-bond acceptors (Lipinski definition) is 50. The summed E-state index contributed by atoms with van der Waals surface area (Å²) in [5, 5.41) is 317. The Kier molecular flexibility index (Phi) is 38.4. The first kappa shape index (κ1) is 108. The Bertz CT molecular complexity index is 3720. The summed E-state index contributed by atoms with van der Waals surface area (Å²) in [5.41, 5.74) is 0. The molecule has 0 aromatic rings. The molecule has 748 valence electrons. The lowest BCUT2D eigenvalue weighted by Gasteiger charge is -2.51. The molecule has 130 heavy (non-hydrogen) atoms. The number of aliphatic carboxylic acids is 2. The van der Waals surface area contributed by atoms with E-state index in [1.165, 1.54) is 0 Å². The summed E-state index contributed by atoms with van der Waals surface area (Å²) in [6.07, 6.45) is -90.3. The van der Waals surface area contributed by atoms with Crippen molar-refractivity contribution in [1.82, 2.24) is 31.9 Å². The maximum Gasteiger partial charge on any atom is 0.364 e. The highest BCUT2D eigenvalue weighted by molar-refractivity contribution is 5.78. The van der Waals surface area contributed by atoms with Gasteiger partial charge in [0, 0.05) is 54.4 Å². The molecule has 0 aliphatic carbocycles. The van der Waals surface area contributed by atoms with Gasteiger partial charge in [-0.15, -0.1) is 0 Å². The molecule has 9 aliphatic rings. The number of ether oxygens (including phenoxy) is 17. The van der Waals surface area contributed by atoms with E-state index in [4.69, 9.17) is 80.5 Å². The minimum Gasteiger partial charge on any atom is -0.477 e. The minimum absolute atomic E-state index is 0.824. The highest BCUT2D eigenvalue weighted by Crippen LogP contribution is 2.42. The van der Waals surface area contributed by atoms with E-state index in [0.717, 1.165) is 41.5 Å². The van der Waals surface area contributed by atoms with Gasteiger partial charge in [-0.2, -0.15) is 0 Å². The van der Waals surface area contributed by atoms with Gasteiger partial charge in [0.25, 0.3) is 11.6 Å². The molecule has 33 N–H and O–H groups in total. The Labute approximate surface area is 735 Å². The van der Waals surface area contributed by atoms with Crippen LogP contribution in [0.15, 0.2) is 0 Å². The number of aliphatic hydroxyl groups is 25. The van der Waals surface area contributed by atoms with Crippen molar-refractivity contribution in [1.29, 1.82) is 0 Å². The zero-order valence-corrected chi connectivity index (χ0v) is 70.0. The number of nitrogens with one attached hydrogen (secondary N) is 6. The van der Waals surface area contributed by atoms with Crippen molar-refractivity contribution in [3.63, 3.8) is 0 Å². The fraction of sp³-hybridized carbons (Fsp3) is 0.889. The molecule has 9 heterocycles. The molecule has 0 spiro atoms. The summed E-state index contributed by atoms with van der Waals surface area (Å²) in [5.74, 6) is -16.2. The average molecular weight is 1900 g/mol. The predicted molar refractivity (Wildman–Crippen MR) is 401 cm³/mol. The molecule has 58 nitrogen and oxygen atoms in total.